The van der Waals surface area contributed by atoms with E-state index in [0.717, 1.165) is 30.1 Å². The predicted octanol–water partition coefficient (Wildman–Crippen LogP) is 4.63. The SMILES string of the molecule is CC12CCC3C4CCC(C#CCl)CC4CCC3C1CCC2C(=O)CO. The third-order valence-corrected chi connectivity index (χ3v) is 8.87. The van der Waals surface area contributed by atoms with Crippen LogP contribution in [0.1, 0.15) is 64.7 Å². The van der Waals surface area contributed by atoms with E-state index in [2.05, 4.69) is 18.2 Å². The van der Waals surface area contributed by atoms with Crippen LogP contribution in [0.5, 0.6) is 0 Å². The first-order chi connectivity index (χ1) is 12.1. The lowest BCUT2D eigenvalue weighted by molar-refractivity contribution is -0.133. The van der Waals surface area contributed by atoms with Crippen molar-refractivity contribution >= 4 is 17.4 Å². The lowest BCUT2D eigenvalue weighted by atomic mass is 9.49. The first-order valence-electron chi connectivity index (χ1n) is 10.3. The number of carbonyl (C=O) groups excluding carboxylic acids is 1. The maximum atomic E-state index is 12.3. The van der Waals surface area contributed by atoms with Gasteiger partial charge in [0.25, 0.3) is 0 Å². The van der Waals surface area contributed by atoms with Gasteiger partial charge in [0, 0.05) is 17.2 Å². The van der Waals surface area contributed by atoms with Gasteiger partial charge in [-0.25, -0.2) is 0 Å². The average Bonchev–Trinajstić information content (AvgIpc) is 2.98. The molecule has 0 spiro atoms. The zero-order chi connectivity index (χ0) is 17.6. The number of fused-ring (bicyclic) bond motifs is 5. The number of hydrogen-bond donors (Lipinski definition) is 1. The van der Waals surface area contributed by atoms with Crippen molar-refractivity contribution in [2.75, 3.05) is 6.61 Å². The van der Waals surface area contributed by atoms with Gasteiger partial charge in [-0.15, -0.1) is 0 Å². The van der Waals surface area contributed by atoms with Gasteiger partial charge in [-0.2, -0.15) is 0 Å². The monoisotopic (exact) mass is 362 g/mol. The molecule has 3 heteroatoms. The van der Waals surface area contributed by atoms with E-state index in [1.807, 2.05) is 0 Å². The molecule has 4 rings (SSSR count). The summed E-state index contributed by atoms with van der Waals surface area (Å²) < 4.78 is 0. The highest BCUT2D eigenvalue weighted by Gasteiger charge is 2.58. The quantitative estimate of drug-likeness (QED) is 0.727. The van der Waals surface area contributed by atoms with E-state index in [-0.39, 0.29) is 23.7 Å². The van der Waals surface area contributed by atoms with Gasteiger partial charge < -0.3 is 5.11 Å². The number of carbonyl (C=O) groups is 1. The standard InChI is InChI=1S/C22H31ClO2/c1-22-10-8-17-16-4-2-14(9-11-23)12-15(16)3-5-18(17)19(22)6-7-20(22)21(25)13-24/h14-20,24H,2-8,10,12-13H2,1H3. The largest absolute Gasteiger partial charge is 0.389 e. The maximum absolute atomic E-state index is 12.3. The lowest BCUT2D eigenvalue weighted by Crippen LogP contribution is -2.49. The normalized spacial score (nSPS) is 48.5. The van der Waals surface area contributed by atoms with Crippen LogP contribution in [-0.4, -0.2) is 17.5 Å². The summed E-state index contributed by atoms with van der Waals surface area (Å²) in [5, 5.41) is 12.0. The molecule has 0 aromatic rings. The van der Waals surface area contributed by atoms with Gasteiger partial charge in [0.1, 0.15) is 6.61 Å². The molecular formula is C22H31ClO2. The van der Waals surface area contributed by atoms with Crippen molar-refractivity contribution in [3.05, 3.63) is 0 Å². The maximum Gasteiger partial charge on any atom is 0.161 e. The lowest BCUT2D eigenvalue weighted by Gasteiger charge is -2.56. The van der Waals surface area contributed by atoms with Gasteiger partial charge in [-0.05, 0) is 104 Å². The predicted molar refractivity (Wildman–Crippen MR) is 99.8 cm³/mol. The summed E-state index contributed by atoms with van der Waals surface area (Å²) in [6.07, 6.45) is 11.2. The summed E-state index contributed by atoms with van der Waals surface area (Å²) in [6, 6.07) is 0. The number of ketones is 1. The van der Waals surface area contributed by atoms with E-state index in [1.165, 1.54) is 51.4 Å². The van der Waals surface area contributed by atoms with Crippen molar-refractivity contribution in [1.82, 2.24) is 0 Å². The van der Waals surface area contributed by atoms with Crippen LogP contribution < -0.4 is 0 Å². The fourth-order valence-electron chi connectivity index (χ4n) is 7.70. The Morgan fingerprint density at radius 1 is 1.08 bits per heavy atom. The van der Waals surface area contributed by atoms with Crippen molar-refractivity contribution in [2.45, 2.75) is 64.7 Å². The van der Waals surface area contributed by atoms with Crippen molar-refractivity contribution < 1.29 is 9.90 Å². The summed E-state index contributed by atoms with van der Waals surface area (Å²) in [6.45, 7) is 2.09. The Bertz CT molecular complexity index is 591. The Hall–Kier alpha value is -0.520. The van der Waals surface area contributed by atoms with E-state index in [9.17, 15) is 9.90 Å². The zero-order valence-electron chi connectivity index (χ0n) is 15.3. The number of Topliss-reactive ketones (excluding diaryl/α,β-unsaturated/α-hetero) is 1. The Morgan fingerprint density at radius 3 is 2.64 bits per heavy atom. The molecule has 4 aliphatic carbocycles. The van der Waals surface area contributed by atoms with Crippen LogP contribution in [0.2, 0.25) is 0 Å². The minimum absolute atomic E-state index is 0.0947. The molecule has 4 aliphatic rings. The highest BCUT2D eigenvalue weighted by molar-refractivity contribution is 6.30. The summed E-state index contributed by atoms with van der Waals surface area (Å²) >= 11 is 5.64. The molecule has 0 radical (unpaired) electrons. The molecule has 25 heavy (non-hydrogen) atoms. The Kier molecular flexibility index (Phi) is 4.93. The number of halogens is 1. The fraction of sp³-hybridized carbons (Fsp3) is 0.864. The summed E-state index contributed by atoms with van der Waals surface area (Å²) in [7, 11) is 0. The number of aliphatic hydroxyl groups is 1. The van der Waals surface area contributed by atoms with Gasteiger partial charge in [0.2, 0.25) is 0 Å². The van der Waals surface area contributed by atoms with Crippen LogP contribution in [0.25, 0.3) is 0 Å². The minimum Gasteiger partial charge on any atom is -0.389 e. The number of hydrogen-bond acceptors (Lipinski definition) is 2. The molecule has 2 nitrogen and oxygen atoms in total. The van der Waals surface area contributed by atoms with Crippen molar-refractivity contribution in [3.63, 3.8) is 0 Å². The fourth-order valence-corrected chi connectivity index (χ4v) is 7.85. The van der Waals surface area contributed by atoms with Gasteiger partial charge >= 0.3 is 0 Å². The van der Waals surface area contributed by atoms with Gasteiger partial charge in [-0.3, -0.25) is 4.79 Å². The Morgan fingerprint density at radius 2 is 1.88 bits per heavy atom. The number of rotatable bonds is 2. The first-order valence-corrected chi connectivity index (χ1v) is 10.7. The topological polar surface area (TPSA) is 37.3 Å². The van der Waals surface area contributed by atoms with Crippen molar-refractivity contribution in [3.8, 4) is 11.3 Å². The van der Waals surface area contributed by atoms with Crippen LogP contribution in [0.15, 0.2) is 0 Å². The average molecular weight is 363 g/mol. The van der Waals surface area contributed by atoms with Crippen LogP contribution >= 0.6 is 11.6 Å². The highest BCUT2D eigenvalue weighted by atomic mass is 35.5. The Labute approximate surface area is 157 Å². The van der Waals surface area contributed by atoms with Crippen molar-refractivity contribution in [2.24, 2.45) is 46.8 Å². The molecule has 0 saturated heterocycles. The molecule has 8 atom stereocenters. The molecule has 138 valence electrons. The molecule has 8 unspecified atom stereocenters. The second-order valence-corrected chi connectivity index (χ2v) is 9.67. The summed E-state index contributed by atoms with van der Waals surface area (Å²) in [5.41, 5.74) is 0.148. The van der Waals surface area contributed by atoms with Gasteiger partial charge in [0.15, 0.2) is 5.78 Å². The summed E-state index contributed by atoms with van der Waals surface area (Å²) in [4.78, 5) is 12.3. The first kappa shape index (κ1) is 17.9. The van der Waals surface area contributed by atoms with Crippen molar-refractivity contribution in [1.29, 1.82) is 0 Å². The summed E-state index contributed by atoms with van der Waals surface area (Å²) in [5.74, 6) is 8.03. The molecule has 4 fully saturated rings. The van der Waals surface area contributed by atoms with Gasteiger partial charge in [-0.1, -0.05) is 12.8 Å². The molecule has 0 aromatic carbocycles. The van der Waals surface area contributed by atoms with Crippen LogP contribution in [0.3, 0.4) is 0 Å². The minimum atomic E-state index is -0.269. The van der Waals surface area contributed by atoms with E-state index in [4.69, 9.17) is 11.6 Å². The second kappa shape index (κ2) is 6.90. The molecule has 4 saturated carbocycles. The molecule has 1 N–H and O–H groups in total. The van der Waals surface area contributed by atoms with Crippen LogP contribution in [0, 0.1) is 58.1 Å². The zero-order valence-corrected chi connectivity index (χ0v) is 16.1. The Balaban J connectivity index is 1.51. The molecule has 0 bridgehead atoms. The van der Waals surface area contributed by atoms with E-state index >= 15 is 0 Å². The molecule has 0 aromatic heterocycles. The van der Waals surface area contributed by atoms with E-state index in [1.54, 1.807) is 0 Å². The molecular weight excluding hydrogens is 332 g/mol. The second-order valence-electron chi connectivity index (χ2n) is 9.48. The van der Waals surface area contributed by atoms with Crippen LogP contribution in [0.4, 0.5) is 0 Å². The van der Waals surface area contributed by atoms with Gasteiger partial charge in [0.05, 0.1) is 0 Å². The number of aliphatic hydroxyl groups excluding tert-OH is 1. The van der Waals surface area contributed by atoms with E-state index in [0.29, 0.717) is 11.8 Å². The highest BCUT2D eigenvalue weighted by Crippen LogP contribution is 2.64. The van der Waals surface area contributed by atoms with E-state index < -0.39 is 0 Å². The molecule has 0 amide bonds. The third kappa shape index (κ3) is 2.87. The molecule has 0 heterocycles. The molecule has 0 aliphatic heterocycles. The smallest absolute Gasteiger partial charge is 0.161 e. The third-order valence-electron chi connectivity index (χ3n) is 8.76. The van der Waals surface area contributed by atoms with Crippen LogP contribution in [-0.2, 0) is 4.79 Å².